The summed E-state index contributed by atoms with van der Waals surface area (Å²) in [5.74, 6) is 0.810. The lowest BCUT2D eigenvalue weighted by Gasteiger charge is -2.12. The van der Waals surface area contributed by atoms with Crippen LogP contribution in [0.3, 0.4) is 0 Å². The standard InChI is InChI=1S/C16H22O2/c1-14(15-11-7-3-4-8-12-15)10-6-5-9-13-16(17)18-2/h3-4,6-8,10-12,14-15H,5,9,13H2,1-2H3. The summed E-state index contributed by atoms with van der Waals surface area (Å²) in [5, 5.41) is 0. The molecular formula is C16H22O2. The Bertz CT molecular complexity index is 345. The van der Waals surface area contributed by atoms with Crippen LogP contribution in [0, 0.1) is 11.8 Å². The van der Waals surface area contributed by atoms with Gasteiger partial charge >= 0.3 is 5.97 Å². The molecule has 2 heteroatoms. The Labute approximate surface area is 110 Å². The van der Waals surface area contributed by atoms with E-state index in [1.165, 1.54) is 7.11 Å². The number of unbranched alkanes of at least 4 members (excludes halogenated alkanes) is 1. The van der Waals surface area contributed by atoms with Crippen LogP contribution in [0.1, 0.15) is 26.2 Å². The molecule has 98 valence electrons. The van der Waals surface area contributed by atoms with E-state index in [0.717, 1.165) is 12.8 Å². The molecule has 0 amide bonds. The van der Waals surface area contributed by atoms with Gasteiger partial charge in [-0.2, -0.15) is 0 Å². The predicted octanol–water partition coefficient (Wildman–Crippen LogP) is 3.82. The quantitative estimate of drug-likeness (QED) is 0.404. The first-order chi connectivity index (χ1) is 8.74. The zero-order chi connectivity index (χ0) is 13.2. The van der Waals surface area contributed by atoms with E-state index in [1.807, 2.05) is 12.2 Å². The van der Waals surface area contributed by atoms with Gasteiger partial charge < -0.3 is 4.74 Å². The van der Waals surface area contributed by atoms with Gasteiger partial charge in [-0.15, -0.1) is 0 Å². The number of carbonyl (C=O) groups excluding carboxylic acids is 1. The van der Waals surface area contributed by atoms with Crippen molar-refractivity contribution in [1.29, 1.82) is 0 Å². The summed E-state index contributed by atoms with van der Waals surface area (Å²) in [4.78, 5) is 10.9. The Balaban J connectivity index is 2.27. The van der Waals surface area contributed by atoms with E-state index in [0.29, 0.717) is 18.3 Å². The summed E-state index contributed by atoms with van der Waals surface area (Å²) in [6, 6.07) is 0. The van der Waals surface area contributed by atoms with Crippen LogP contribution in [-0.4, -0.2) is 13.1 Å². The van der Waals surface area contributed by atoms with Crippen LogP contribution >= 0.6 is 0 Å². The van der Waals surface area contributed by atoms with E-state index in [4.69, 9.17) is 0 Å². The maximum atomic E-state index is 10.9. The number of esters is 1. The lowest BCUT2D eigenvalue weighted by molar-refractivity contribution is -0.140. The van der Waals surface area contributed by atoms with Gasteiger partial charge in [0.25, 0.3) is 0 Å². The minimum absolute atomic E-state index is 0.128. The minimum Gasteiger partial charge on any atom is -0.469 e. The summed E-state index contributed by atoms with van der Waals surface area (Å²) in [5.41, 5.74) is 0. The molecule has 0 bridgehead atoms. The van der Waals surface area contributed by atoms with Crippen LogP contribution < -0.4 is 0 Å². The van der Waals surface area contributed by atoms with Crippen LogP contribution in [0.15, 0.2) is 48.6 Å². The highest BCUT2D eigenvalue weighted by Crippen LogP contribution is 2.18. The molecule has 1 aliphatic rings. The van der Waals surface area contributed by atoms with Crippen molar-refractivity contribution in [3.8, 4) is 0 Å². The van der Waals surface area contributed by atoms with Gasteiger partial charge in [-0.25, -0.2) is 0 Å². The van der Waals surface area contributed by atoms with Gasteiger partial charge in [0.1, 0.15) is 0 Å². The second-order valence-corrected chi connectivity index (χ2v) is 4.49. The molecule has 1 atom stereocenters. The first-order valence-electron chi connectivity index (χ1n) is 6.49. The fourth-order valence-corrected chi connectivity index (χ4v) is 1.83. The number of methoxy groups -OCH3 is 1. The summed E-state index contributed by atoms with van der Waals surface area (Å²) < 4.78 is 4.60. The van der Waals surface area contributed by atoms with Crippen LogP contribution in [-0.2, 0) is 9.53 Å². The van der Waals surface area contributed by atoms with Crippen molar-refractivity contribution in [2.24, 2.45) is 11.8 Å². The third kappa shape index (κ3) is 5.67. The summed E-state index contributed by atoms with van der Waals surface area (Å²) in [6.07, 6.45) is 19.4. The van der Waals surface area contributed by atoms with Gasteiger partial charge in [-0.3, -0.25) is 4.79 Å². The largest absolute Gasteiger partial charge is 0.469 e. The average Bonchev–Trinajstić information content (AvgIpc) is 2.66. The molecule has 0 saturated heterocycles. The van der Waals surface area contributed by atoms with Crippen molar-refractivity contribution in [1.82, 2.24) is 0 Å². The molecule has 0 aliphatic heterocycles. The number of hydrogen-bond donors (Lipinski definition) is 0. The summed E-state index contributed by atoms with van der Waals surface area (Å²) in [7, 11) is 1.43. The maximum Gasteiger partial charge on any atom is 0.305 e. The van der Waals surface area contributed by atoms with Crippen molar-refractivity contribution in [2.75, 3.05) is 7.11 Å². The molecule has 0 aromatic heterocycles. The molecule has 0 heterocycles. The number of hydrogen-bond acceptors (Lipinski definition) is 2. The minimum atomic E-state index is -0.128. The zero-order valence-corrected chi connectivity index (χ0v) is 11.2. The fourth-order valence-electron chi connectivity index (χ4n) is 1.83. The summed E-state index contributed by atoms with van der Waals surface area (Å²) in [6.45, 7) is 2.21. The second kappa shape index (κ2) is 8.51. The Kier molecular flexibility index (Phi) is 6.85. The van der Waals surface area contributed by atoms with Crippen LogP contribution in [0.2, 0.25) is 0 Å². The van der Waals surface area contributed by atoms with Crippen LogP contribution in [0.4, 0.5) is 0 Å². The molecule has 0 spiro atoms. The topological polar surface area (TPSA) is 26.3 Å². The van der Waals surface area contributed by atoms with Gasteiger partial charge in [0.15, 0.2) is 0 Å². The van der Waals surface area contributed by atoms with E-state index in [1.54, 1.807) is 0 Å². The molecular weight excluding hydrogens is 224 g/mol. The van der Waals surface area contributed by atoms with Crippen LogP contribution in [0.5, 0.6) is 0 Å². The van der Waals surface area contributed by atoms with Crippen molar-refractivity contribution in [3.63, 3.8) is 0 Å². The molecule has 0 aromatic carbocycles. The molecule has 1 unspecified atom stereocenters. The average molecular weight is 246 g/mol. The van der Waals surface area contributed by atoms with Crippen molar-refractivity contribution >= 4 is 5.97 Å². The molecule has 0 N–H and O–H groups in total. The molecule has 0 aromatic rings. The zero-order valence-electron chi connectivity index (χ0n) is 11.2. The van der Waals surface area contributed by atoms with Crippen molar-refractivity contribution in [3.05, 3.63) is 48.6 Å². The molecule has 0 fully saturated rings. The molecule has 18 heavy (non-hydrogen) atoms. The van der Waals surface area contributed by atoms with Crippen molar-refractivity contribution < 1.29 is 9.53 Å². The van der Waals surface area contributed by atoms with Crippen molar-refractivity contribution in [2.45, 2.75) is 26.2 Å². The Morgan fingerprint density at radius 2 is 1.94 bits per heavy atom. The van der Waals surface area contributed by atoms with E-state index >= 15 is 0 Å². The first kappa shape index (κ1) is 14.5. The van der Waals surface area contributed by atoms with Gasteiger partial charge in [-0.1, -0.05) is 55.5 Å². The number of ether oxygens (including phenoxy) is 1. The molecule has 2 nitrogen and oxygen atoms in total. The Morgan fingerprint density at radius 3 is 2.56 bits per heavy atom. The summed E-state index contributed by atoms with van der Waals surface area (Å²) >= 11 is 0. The lowest BCUT2D eigenvalue weighted by Crippen LogP contribution is -2.03. The lowest BCUT2D eigenvalue weighted by atomic mass is 9.93. The monoisotopic (exact) mass is 246 g/mol. The highest BCUT2D eigenvalue weighted by atomic mass is 16.5. The number of allylic oxidation sites excluding steroid dienone is 8. The van der Waals surface area contributed by atoms with Gasteiger partial charge in [0.05, 0.1) is 7.11 Å². The van der Waals surface area contributed by atoms with Gasteiger partial charge in [0, 0.05) is 12.3 Å². The highest BCUT2D eigenvalue weighted by Gasteiger charge is 2.08. The van der Waals surface area contributed by atoms with E-state index in [9.17, 15) is 4.79 Å². The third-order valence-electron chi connectivity index (χ3n) is 3.03. The maximum absolute atomic E-state index is 10.9. The predicted molar refractivity (Wildman–Crippen MR) is 75.1 cm³/mol. The molecule has 0 saturated carbocycles. The third-order valence-corrected chi connectivity index (χ3v) is 3.03. The van der Waals surface area contributed by atoms with E-state index in [-0.39, 0.29) is 5.97 Å². The normalized spacial score (nSPS) is 17.0. The first-order valence-corrected chi connectivity index (χ1v) is 6.49. The molecule has 1 rings (SSSR count). The highest BCUT2D eigenvalue weighted by molar-refractivity contribution is 5.69. The number of rotatable bonds is 6. The van der Waals surface area contributed by atoms with Crippen LogP contribution in [0.25, 0.3) is 0 Å². The second-order valence-electron chi connectivity index (χ2n) is 4.49. The Hall–Kier alpha value is -1.57. The van der Waals surface area contributed by atoms with E-state index < -0.39 is 0 Å². The van der Waals surface area contributed by atoms with Gasteiger partial charge in [0.2, 0.25) is 0 Å². The van der Waals surface area contributed by atoms with E-state index in [2.05, 4.69) is 48.1 Å². The SMILES string of the molecule is COC(=O)CCCC=CC(C)C1C=CC=CC=C1. The molecule has 1 aliphatic carbocycles. The smallest absolute Gasteiger partial charge is 0.305 e. The Morgan fingerprint density at radius 1 is 1.28 bits per heavy atom. The number of carbonyl (C=O) groups is 1. The molecule has 0 radical (unpaired) electrons. The fraction of sp³-hybridized carbons (Fsp3) is 0.438. The van der Waals surface area contributed by atoms with Gasteiger partial charge in [-0.05, 0) is 18.8 Å².